The number of halogens is 3. The third kappa shape index (κ3) is 6.42. The maximum Gasteiger partial charge on any atom is 0.433 e. The number of amides is 2. The zero-order chi connectivity index (χ0) is 30.1. The zero-order valence-corrected chi connectivity index (χ0v) is 23.8. The van der Waals surface area contributed by atoms with Crippen molar-refractivity contribution in [3.05, 3.63) is 77.1 Å². The van der Waals surface area contributed by atoms with E-state index in [-0.39, 0.29) is 11.5 Å². The minimum atomic E-state index is -4.66. The fourth-order valence-corrected chi connectivity index (χ4v) is 5.25. The summed E-state index contributed by atoms with van der Waals surface area (Å²) < 4.78 is 51.5. The van der Waals surface area contributed by atoms with Crippen LogP contribution in [0.15, 0.2) is 54.7 Å². The molecule has 11 heteroatoms. The first-order valence-corrected chi connectivity index (χ1v) is 13.7. The normalized spacial score (nSPS) is 16.6. The summed E-state index contributed by atoms with van der Waals surface area (Å²) in [4.78, 5) is 33.7. The molecule has 8 nitrogen and oxygen atoms in total. The molecule has 2 aliphatic rings. The predicted molar refractivity (Wildman–Crippen MR) is 152 cm³/mol. The Balaban J connectivity index is 1.45. The van der Waals surface area contributed by atoms with Crippen LogP contribution in [0.2, 0.25) is 0 Å². The Kier molecular flexibility index (Phi) is 8.25. The molecular weight excluding hydrogens is 549 g/mol. The van der Waals surface area contributed by atoms with Gasteiger partial charge in [-0.15, -0.1) is 0 Å². The van der Waals surface area contributed by atoms with Gasteiger partial charge in [-0.25, -0.2) is 0 Å². The number of carbonyl (C=O) groups excluding carboxylic acids is 2. The van der Waals surface area contributed by atoms with Gasteiger partial charge in [0.05, 0.1) is 25.3 Å². The van der Waals surface area contributed by atoms with Crippen LogP contribution < -0.4 is 10.1 Å². The second kappa shape index (κ2) is 11.7. The summed E-state index contributed by atoms with van der Waals surface area (Å²) in [5.41, 5.74) is 1.52. The van der Waals surface area contributed by atoms with Gasteiger partial charge in [-0.05, 0) is 74.1 Å². The van der Waals surface area contributed by atoms with E-state index in [1.165, 1.54) is 6.07 Å². The number of nitrogens with one attached hydrogen (secondary N) is 1. The van der Waals surface area contributed by atoms with Crippen molar-refractivity contribution in [2.75, 3.05) is 52.3 Å². The van der Waals surface area contributed by atoms with Crippen molar-refractivity contribution in [3.8, 4) is 16.9 Å². The molecule has 1 fully saturated rings. The standard InChI is InChI=1S/C31H33F3N4O4/c1-20-4-6-23(36-28(39)22-8-11-35-27(17-22)31(32,33)34)18-25(20)21-5-7-24-26(16-21)42-30(9-14-41-15-10-30)19-38(29(24)40)13-12-37(2)3/h4-8,11,16-18H,9-10,12-15,19H2,1-3H3,(H,36,39). The molecule has 3 heterocycles. The molecule has 1 N–H and O–H groups in total. The van der Waals surface area contributed by atoms with Gasteiger partial charge in [0.2, 0.25) is 0 Å². The number of aryl methyl sites for hydroxylation is 1. The highest BCUT2D eigenvalue weighted by molar-refractivity contribution is 6.04. The number of nitrogens with zero attached hydrogens (tertiary/aromatic N) is 3. The number of rotatable bonds is 6. The Morgan fingerprint density at radius 3 is 2.55 bits per heavy atom. The topological polar surface area (TPSA) is 84.0 Å². The van der Waals surface area contributed by atoms with Crippen LogP contribution in [-0.2, 0) is 10.9 Å². The molecule has 42 heavy (non-hydrogen) atoms. The van der Waals surface area contributed by atoms with E-state index in [1.807, 2.05) is 49.0 Å². The van der Waals surface area contributed by atoms with Crippen LogP contribution >= 0.6 is 0 Å². The van der Waals surface area contributed by atoms with Gasteiger partial charge < -0.3 is 24.6 Å². The van der Waals surface area contributed by atoms with Crippen molar-refractivity contribution in [1.29, 1.82) is 0 Å². The first-order chi connectivity index (χ1) is 19.9. The minimum Gasteiger partial charge on any atom is -0.484 e. The van der Waals surface area contributed by atoms with Crippen LogP contribution in [0.1, 0.15) is 44.8 Å². The van der Waals surface area contributed by atoms with E-state index in [1.54, 1.807) is 18.2 Å². The average Bonchev–Trinajstić information content (AvgIpc) is 3.06. The number of likely N-dealkylation sites (N-methyl/N-ethyl adjacent to an activating group) is 1. The molecule has 0 atom stereocenters. The number of pyridine rings is 1. The van der Waals surface area contributed by atoms with Crippen LogP contribution in [0.5, 0.6) is 5.75 Å². The van der Waals surface area contributed by atoms with Gasteiger partial charge in [-0.3, -0.25) is 14.6 Å². The van der Waals surface area contributed by atoms with E-state index in [4.69, 9.17) is 9.47 Å². The van der Waals surface area contributed by atoms with Crippen molar-refractivity contribution in [2.45, 2.75) is 31.5 Å². The number of anilines is 1. The van der Waals surface area contributed by atoms with Crippen molar-refractivity contribution in [3.63, 3.8) is 0 Å². The van der Waals surface area contributed by atoms with Gasteiger partial charge in [-0.2, -0.15) is 13.2 Å². The zero-order valence-electron chi connectivity index (χ0n) is 23.8. The number of alkyl halides is 3. The monoisotopic (exact) mass is 582 g/mol. The van der Waals surface area contributed by atoms with E-state index in [0.29, 0.717) is 56.1 Å². The van der Waals surface area contributed by atoms with Crippen LogP contribution in [0.4, 0.5) is 18.9 Å². The van der Waals surface area contributed by atoms with Gasteiger partial charge in [0.25, 0.3) is 11.8 Å². The summed E-state index contributed by atoms with van der Waals surface area (Å²) in [5.74, 6) is -0.278. The molecule has 222 valence electrons. The molecule has 0 unspecified atom stereocenters. The minimum absolute atomic E-state index is 0.0879. The van der Waals surface area contributed by atoms with Gasteiger partial charge in [0, 0.05) is 43.4 Å². The fourth-order valence-electron chi connectivity index (χ4n) is 5.25. The molecule has 1 aromatic heterocycles. The highest BCUT2D eigenvalue weighted by Crippen LogP contribution is 2.38. The largest absolute Gasteiger partial charge is 0.484 e. The Morgan fingerprint density at radius 1 is 1.07 bits per heavy atom. The highest BCUT2D eigenvalue weighted by atomic mass is 19.4. The van der Waals surface area contributed by atoms with Crippen molar-refractivity contribution in [1.82, 2.24) is 14.8 Å². The number of hydrogen-bond acceptors (Lipinski definition) is 6. The number of hydrogen-bond donors (Lipinski definition) is 1. The van der Waals surface area contributed by atoms with Crippen molar-refractivity contribution >= 4 is 17.5 Å². The maximum absolute atomic E-state index is 13.7. The first-order valence-electron chi connectivity index (χ1n) is 13.7. The number of aromatic nitrogens is 1. The third-order valence-electron chi connectivity index (χ3n) is 7.64. The first kappa shape index (κ1) is 29.5. The average molecular weight is 583 g/mol. The van der Waals surface area contributed by atoms with Gasteiger partial charge in [-0.1, -0.05) is 12.1 Å². The second-order valence-electron chi connectivity index (χ2n) is 11.0. The molecule has 2 amide bonds. The van der Waals surface area contributed by atoms with E-state index in [2.05, 4.69) is 10.3 Å². The molecule has 2 aliphatic heterocycles. The molecule has 1 saturated heterocycles. The van der Waals surface area contributed by atoms with E-state index in [9.17, 15) is 22.8 Å². The van der Waals surface area contributed by atoms with Crippen LogP contribution in [0.3, 0.4) is 0 Å². The van der Waals surface area contributed by atoms with Gasteiger partial charge >= 0.3 is 6.18 Å². The Bertz CT molecular complexity index is 1490. The molecule has 0 bridgehead atoms. The number of benzene rings is 2. The number of fused-ring (bicyclic) bond motifs is 1. The van der Waals surface area contributed by atoms with E-state index < -0.39 is 23.4 Å². The Morgan fingerprint density at radius 2 is 1.83 bits per heavy atom. The molecular formula is C31H33F3N4O4. The molecule has 0 radical (unpaired) electrons. The summed E-state index contributed by atoms with van der Waals surface area (Å²) >= 11 is 0. The van der Waals surface area contributed by atoms with Gasteiger partial charge in [0.15, 0.2) is 0 Å². The van der Waals surface area contributed by atoms with Gasteiger partial charge in [0.1, 0.15) is 17.0 Å². The van der Waals surface area contributed by atoms with Crippen LogP contribution in [0, 0.1) is 6.92 Å². The summed E-state index contributed by atoms with van der Waals surface area (Å²) in [6.45, 7) is 4.78. The second-order valence-corrected chi connectivity index (χ2v) is 11.0. The maximum atomic E-state index is 13.7. The molecule has 0 saturated carbocycles. The van der Waals surface area contributed by atoms with Crippen LogP contribution in [-0.4, -0.2) is 79.1 Å². The fraction of sp³-hybridized carbons (Fsp3) is 0.387. The molecule has 0 aliphatic carbocycles. The molecule has 5 rings (SSSR count). The van der Waals surface area contributed by atoms with E-state index in [0.717, 1.165) is 35.5 Å². The van der Waals surface area contributed by atoms with Crippen molar-refractivity contribution < 1.29 is 32.2 Å². The third-order valence-corrected chi connectivity index (χ3v) is 7.64. The lowest BCUT2D eigenvalue weighted by Gasteiger charge is -2.39. The Labute approximate surface area is 242 Å². The smallest absolute Gasteiger partial charge is 0.433 e. The summed E-state index contributed by atoms with van der Waals surface area (Å²) in [7, 11) is 3.94. The highest BCUT2D eigenvalue weighted by Gasteiger charge is 2.42. The number of ether oxygens (including phenoxy) is 2. The number of carbonyl (C=O) groups is 2. The van der Waals surface area contributed by atoms with Crippen LogP contribution in [0.25, 0.3) is 11.1 Å². The quantitative estimate of drug-likeness (QED) is 0.426. The SMILES string of the molecule is Cc1ccc(NC(=O)c2ccnc(C(F)(F)F)c2)cc1-c1ccc2c(c1)OC1(CCOCC1)CN(CCN(C)C)C2=O. The van der Waals surface area contributed by atoms with Crippen molar-refractivity contribution in [2.24, 2.45) is 0 Å². The molecule has 3 aromatic rings. The Hall–Kier alpha value is -3.96. The lowest BCUT2D eigenvalue weighted by molar-refractivity contribution is -0.141. The lowest BCUT2D eigenvalue weighted by atomic mass is 9.93. The molecule has 2 aromatic carbocycles. The summed E-state index contributed by atoms with van der Waals surface area (Å²) in [6, 6.07) is 12.7. The molecule has 1 spiro atoms. The summed E-state index contributed by atoms with van der Waals surface area (Å²) in [5, 5.41) is 2.69. The summed E-state index contributed by atoms with van der Waals surface area (Å²) in [6.07, 6.45) is -2.38. The predicted octanol–water partition coefficient (Wildman–Crippen LogP) is 5.27. The lowest BCUT2D eigenvalue weighted by Crippen LogP contribution is -2.51. The van der Waals surface area contributed by atoms with E-state index >= 15 is 0 Å².